The van der Waals surface area contributed by atoms with Gasteiger partial charge in [-0.25, -0.2) is 0 Å². The summed E-state index contributed by atoms with van der Waals surface area (Å²) in [5.74, 6) is 0.966. The molecule has 1 aliphatic carbocycles. The highest BCUT2D eigenvalue weighted by molar-refractivity contribution is 4.91. The summed E-state index contributed by atoms with van der Waals surface area (Å²) in [6.07, 6.45) is 15.8. The summed E-state index contributed by atoms with van der Waals surface area (Å²) in [5, 5.41) is 0. The first kappa shape index (κ1) is 17.1. The first-order chi connectivity index (χ1) is 8.97. The second kappa shape index (κ2) is 7.70. The van der Waals surface area contributed by atoms with Crippen LogP contribution in [0.2, 0.25) is 0 Å². The average Bonchev–Trinajstić information content (AvgIpc) is 2.45. The fourth-order valence-electron chi connectivity index (χ4n) is 4.17. The van der Waals surface area contributed by atoms with Gasteiger partial charge >= 0.3 is 0 Å². The molecule has 1 fully saturated rings. The second-order valence-electron chi connectivity index (χ2n) is 7.78. The first-order valence-electron chi connectivity index (χ1n) is 8.97. The van der Waals surface area contributed by atoms with Gasteiger partial charge in [-0.05, 0) is 29.6 Å². The number of hydrogen-bond donors (Lipinski definition) is 0. The van der Waals surface area contributed by atoms with Crippen molar-refractivity contribution >= 4 is 0 Å². The molecular weight excluding hydrogens is 228 g/mol. The Morgan fingerprint density at radius 3 is 1.89 bits per heavy atom. The van der Waals surface area contributed by atoms with Gasteiger partial charge in [-0.15, -0.1) is 0 Å². The van der Waals surface area contributed by atoms with E-state index in [-0.39, 0.29) is 0 Å². The van der Waals surface area contributed by atoms with Crippen molar-refractivity contribution in [3.05, 3.63) is 0 Å². The Balaban J connectivity index is 2.73. The van der Waals surface area contributed by atoms with Gasteiger partial charge < -0.3 is 0 Å². The Labute approximate surface area is 122 Å². The third-order valence-corrected chi connectivity index (χ3v) is 6.62. The van der Waals surface area contributed by atoms with Gasteiger partial charge in [0.2, 0.25) is 0 Å². The molecule has 1 saturated carbocycles. The Kier molecular flexibility index (Phi) is 6.91. The third kappa shape index (κ3) is 4.50. The van der Waals surface area contributed by atoms with Crippen LogP contribution in [0.25, 0.3) is 0 Å². The molecular formula is C19H38. The topological polar surface area (TPSA) is 0 Å². The van der Waals surface area contributed by atoms with Crippen molar-refractivity contribution in [2.45, 2.75) is 105 Å². The minimum absolute atomic E-state index is 0.548. The molecule has 0 aromatic heterocycles. The van der Waals surface area contributed by atoms with E-state index in [1.165, 1.54) is 70.6 Å². The standard InChI is InChI=1S/C19H38/c1-6-18(4,7-2)19(5)15-11-8-9-13-17(3)14-10-12-16-19/h17H,6-16H2,1-5H3. The fourth-order valence-corrected chi connectivity index (χ4v) is 4.17. The van der Waals surface area contributed by atoms with Crippen LogP contribution in [0.5, 0.6) is 0 Å². The number of rotatable bonds is 3. The summed E-state index contributed by atoms with van der Waals surface area (Å²) in [4.78, 5) is 0. The van der Waals surface area contributed by atoms with Crippen molar-refractivity contribution < 1.29 is 0 Å². The maximum Gasteiger partial charge on any atom is -0.0272 e. The van der Waals surface area contributed by atoms with Crippen LogP contribution in [0.1, 0.15) is 105 Å². The molecule has 0 bridgehead atoms. The van der Waals surface area contributed by atoms with E-state index in [4.69, 9.17) is 0 Å². The lowest BCUT2D eigenvalue weighted by molar-refractivity contribution is 0.0351. The zero-order valence-electron chi connectivity index (χ0n) is 14.4. The summed E-state index contributed by atoms with van der Waals surface area (Å²) in [6.45, 7) is 12.4. The smallest absolute Gasteiger partial charge is 0.0272 e. The van der Waals surface area contributed by atoms with Gasteiger partial charge in [0.25, 0.3) is 0 Å². The highest BCUT2D eigenvalue weighted by atomic mass is 14.5. The SMILES string of the molecule is CCC(C)(CC)C1(C)CCCCCC(C)CCCC1. The van der Waals surface area contributed by atoms with E-state index in [0.717, 1.165) is 5.92 Å². The summed E-state index contributed by atoms with van der Waals surface area (Å²) < 4.78 is 0. The maximum atomic E-state index is 2.60. The van der Waals surface area contributed by atoms with Crippen molar-refractivity contribution in [2.24, 2.45) is 16.7 Å². The summed E-state index contributed by atoms with van der Waals surface area (Å²) in [7, 11) is 0. The lowest BCUT2D eigenvalue weighted by atomic mass is 9.58. The molecule has 0 aromatic carbocycles. The summed E-state index contributed by atoms with van der Waals surface area (Å²) in [6, 6.07) is 0. The Morgan fingerprint density at radius 2 is 1.37 bits per heavy atom. The van der Waals surface area contributed by atoms with Gasteiger partial charge in [-0.2, -0.15) is 0 Å². The second-order valence-corrected chi connectivity index (χ2v) is 7.78. The minimum atomic E-state index is 0.548. The van der Waals surface area contributed by atoms with Gasteiger partial charge in [0.05, 0.1) is 0 Å². The first-order valence-corrected chi connectivity index (χ1v) is 8.97. The van der Waals surface area contributed by atoms with Crippen molar-refractivity contribution in [3.63, 3.8) is 0 Å². The van der Waals surface area contributed by atoms with Crippen molar-refractivity contribution in [2.75, 3.05) is 0 Å². The quantitative estimate of drug-likeness (QED) is 0.517. The van der Waals surface area contributed by atoms with E-state index < -0.39 is 0 Å². The van der Waals surface area contributed by atoms with Crippen molar-refractivity contribution in [3.8, 4) is 0 Å². The molecule has 0 saturated heterocycles. The van der Waals surface area contributed by atoms with Crippen LogP contribution in [0, 0.1) is 16.7 Å². The fraction of sp³-hybridized carbons (Fsp3) is 1.00. The van der Waals surface area contributed by atoms with Gasteiger partial charge in [0, 0.05) is 0 Å². The zero-order valence-corrected chi connectivity index (χ0v) is 14.4. The molecule has 0 nitrogen and oxygen atoms in total. The van der Waals surface area contributed by atoms with Crippen LogP contribution in [0.15, 0.2) is 0 Å². The lowest BCUT2D eigenvalue weighted by Crippen LogP contribution is -2.37. The maximum absolute atomic E-state index is 2.60. The lowest BCUT2D eigenvalue weighted by Gasteiger charge is -2.47. The molecule has 0 heteroatoms. The molecule has 0 N–H and O–H groups in total. The molecule has 2 atom stereocenters. The predicted molar refractivity (Wildman–Crippen MR) is 87.5 cm³/mol. The van der Waals surface area contributed by atoms with Gasteiger partial charge in [0.1, 0.15) is 0 Å². The van der Waals surface area contributed by atoms with E-state index in [1.54, 1.807) is 0 Å². The van der Waals surface area contributed by atoms with Crippen LogP contribution in [0.4, 0.5) is 0 Å². The summed E-state index contributed by atoms with van der Waals surface area (Å²) in [5.41, 5.74) is 1.12. The molecule has 114 valence electrons. The largest absolute Gasteiger partial charge is 0.0648 e. The average molecular weight is 267 g/mol. The molecule has 0 spiro atoms. The van der Waals surface area contributed by atoms with Gasteiger partial charge in [-0.1, -0.05) is 92.4 Å². The number of hydrogen-bond acceptors (Lipinski definition) is 0. The van der Waals surface area contributed by atoms with Gasteiger partial charge in [0.15, 0.2) is 0 Å². The summed E-state index contributed by atoms with van der Waals surface area (Å²) >= 11 is 0. The highest BCUT2D eigenvalue weighted by Gasteiger charge is 2.40. The van der Waals surface area contributed by atoms with E-state index in [9.17, 15) is 0 Å². The molecule has 0 radical (unpaired) electrons. The van der Waals surface area contributed by atoms with Crippen LogP contribution in [0.3, 0.4) is 0 Å². The van der Waals surface area contributed by atoms with Crippen LogP contribution >= 0.6 is 0 Å². The Morgan fingerprint density at radius 1 is 0.895 bits per heavy atom. The van der Waals surface area contributed by atoms with Crippen LogP contribution < -0.4 is 0 Å². The van der Waals surface area contributed by atoms with Crippen molar-refractivity contribution in [1.82, 2.24) is 0 Å². The van der Waals surface area contributed by atoms with E-state index >= 15 is 0 Å². The molecule has 0 heterocycles. The highest BCUT2D eigenvalue weighted by Crippen LogP contribution is 2.51. The molecule has 1 rings (SSSR count). The molecule has 0 aliphatic heterocycles. The molecule has 0 amide bonds. The van der Waals surface area contributed by atoms with Crippen LogP contribution in [-0.2, 0) is 0 Å². The van der Waals surface area contributed by atoms with E-state index in [1.807, 2.05) is 0 Å². The third-order valence-electron chi connectivity index (χ3n) is 6.62. The normalized spacial score (nSPS) is 31.7. The molecule has 0 aromatic rings. The zero-order chi connectivity index (χ0) is 14.4. The Hall–Kier alpha value is 0. The predicted octanol–water partition coefficient (Wildman–Crippen LogP) is 6.98. The Bertz CT molecular complexity index is 238. The minimum Gasteiger partial charge on any atom is -0.0648 e. The monoisotopic (exact) mass is 266 g/mol. The van der Waals surface area contributed by atoms with E-state index in [0.29, 0.717) is 10.8 Å². The molecule has 2 unspecified atom stereocenters. The molecule has 1 aliphatic rings. The van der Waals surface area contributed by atoms with Gasteiger partial charge in [-0.3, -0.25) is 0 Å². The van der Waals surface area contributed by atoms with Crippen molar-refractivity contribution in [1.29, 1.82) is 0 Å². The van der Waals surface area contributed by atoms with Crippen LogP contribution in [-0.4, -0.2) is 0 Å². The molecule has 19 heavy (non-hydrogen) atoms. The van der Waals surface area contributed by atoms with E-state index in [2.05, 4.69) is 34.6 Å².